The van der Waals surface area contributed by atoms with Crippen molar-refractivity contribution in [2.45, 2.75) is 13.5 Å². The largest absolute Gasteiger partial charge is 0.461 e. The number of oxime groups is 1. The van der Waals surface area contributed by atoms with E-state index in [1.54, 1.807) is 25.1 Å². The van der Waals surface area contributed by atoms with E-state index in [2.05, 4.69) is 5.16 Å². The number of nitrogens with zero attached hydrogens (tertiary/aromatic N) is 1. The molecule has 0 aromatic heterocycles. The highest BCUT2D eigenvalue weighted by molar-refractivity contribution is 6.67. The Morgan fingerprint density at radius 1 is 1.29 bits per heavy atom. The van der Waals surface area contributed by atoms with E-state index in [-0.39, 0.29) is 13.2 Å². The van der Waals surface area contributed by atoms with Crippen molar-refractivity contribution in [2.75, 3.05) is 12.5 Å². The molecule has 0 saturated heterocycles. The molecule has 0 saturated carbocycles. The Bertz CT molecular complexity index is 560. The molecule has 0 aliphatic carbocycles. The summed E-state index contributed by atoms with van der Waals surface area (Å²) in [6.45, 7) is 1.68. The van der Waals surface area contributed by atoms with Gasteiger partial charge in [-0.15, -0.1) is 11.6 Å². The summed E-state index contributed by atoms with van der Waals surface area (Å²) in [5.41, 5.74) is 0.114. The zero-order valence-electron chi connectivity index (χ0n) is 11.1. The summed E-state index contributed by atoms with van der Waals surface area (Å²) in [7, 11) is 0. The number of hydrogen-bond acceptors (Lipinski definition) is 5. The van der Waals surface area contributed by atoms with E-state index in [0.29, 0.717) is 15.6 Å². The van der Waals surface area contributed by atoms with Gasteiger partial charge in [-0.1, -0.05) is 34.4 Å². The van der Waals surface area contributed by atoms with Gasteiger partial charge in [-0.3, -0.25) is 4.79 Å². The molecular formula is C13H12Cl3NO4. The Morgan fingerprint density at radius 3 is 2.57 bits per heavy atom. The van der Waals surface area contributed by atoms with Crippen LogP contribution in [-0.4, -0.2) is 30.0 Å². The molecule has 21 heavy (non-hydrogen) atoms. The van der Waals surface area contributed by atoms with Crippen molar-refractivity contribution in [3.8, 4) is 0 Å². The van der Waals surface area contributed by atoms with Crippen molar-refractivity contribution in [1.82, 2.24) is 0 Å². The van der Waals surface area contributed by atoms with Crippen LogP contribution >= 0.6 is 34.8 Å². The van der Waals surface area contributed by atoms with Crippen molar-refractivity contribution >= 4 is 52.3 Å². The first-order valence-electron chi connectivity index (χ1n) is 5.89. The molecule has 0 atom stereocenters. The highest BCUT2D eigenvalue weighted by Gasteiger charge is 2.22. The quantitative estimate of drug-likeness (QED) is 0.248. The summed E-state index contributed by atoms with van der Waals surface area (Å²) in [4.78, 5) is 28.0. The SMILES string of the molecule is CCOC(=O)C(=NOCc1ccc(Cl)cc1Cl)C(=O)CCl. The van der Waals surface area contributed by atoms with Gasteiger partial charge in [-0.25, -0.2) is 4.79 Å². The number of rotatable bonds is 7. The van der Waals surface area contributed by atoms with Crippen LogP contribution < -0.4 is 0 Å². The molecule has 0 fully saturated rings. The normalized spacial score (nSPS) is 11.1. The second-order valence-electron chi connectivity index (χ2n) is 3.73. The van der Waals surface area contributed by atoms with Crippen LogP contribution in [0.25, 0.3) is 0 Å². The van der Waals surface area contributed by atoms with Crippen LogP contribution in [0.1, 0.15) is 12.5 Å². The maximum absolute atomic E-state index is 11.5. The molecule has 0 heterocycles. The second-order valence-corrected chi connectivity index (χ2v) is 4.84. The summed E-state index contributed by atoms with van der Waals surface area (Å²) < 4.78 is 4.70. The lowest BCUT2D eigenvalue weighted by molar-refractivity contribution is -0.136. The third-order valence-electron chi connectivity index (χ3n) is 2.25. The standard InChI is InChI=1S/C13H12Cl3NO4/c1-2-20-13(19)12(11(18)6-14)17-21-7-8-3-4-9(15)5-10(8)16/h3-5H,2,6-7H2,1H3. The highest BCUT2D eigenvalue weighted by atomic mass is 35.5. The fourth-order valence-electron chi connectivity index (χ4n) is 1.27. The van der Waals surface area contributed by atoms with Crippen molar-refractivity contribution < 1.29 is 19.2 Å². The van der Waals surface area contributed by atoms with Crippen LogP contribution in [0.2, 0.25) is 10.0 Å². The van der Waals surface area contributed by atoms with Crippen LogP contribution in [0.5, 0.6) is 0 Å². The van der Waals surface area contributed by atoms with Crippen molar-refractivity contribution in [1.29, 1.82) is 0 Å². The van der Waals surface area contributed by atoms with Crippen molar-refractivity contribution in [2.24, 2.45) is 5.16 Å². The maximum Gasteiger partial charge on any atom is 0.364 e. The monoisotopic (exact) mass is 351 g/mol. The Morgan fingerprint density at radius 2 is 2.00 bits per heavy atom. The molecule has 114 valence electrons. The number of alkyl halides is 1. The van der Waals surface area contributed by atoms with Crippen LogP contribution in [0.4, 0.5) is 0 Å². The molecule has 0 amide bonds. The van der Waals surface area contributed by atoms with Gasteiger partial charge >= 0.3 is 5.97 Å². The number of ether oxygens (including phenoxy) is 1. The maximum atomic E-state index is 11.5. The molecular weight excluding hydrogens is 341 g/mol. The van der Waals surface area contributed by atoms with Gasteiger partial charge in [0, 0.05) is 15.6 Å². The van der Waals surface area contributed by atoms with E-state index >= 15 is 0 Å². The summed E-state index contributed by atoms with van der Waals surface area (Å²) in [6.07, 6.45) is 0. The average molecular weight is 353 g/mol. The topological polar surface area (TPSA) is 65.0 Å². The molecule has 1 aromatic rings. The number of Topliss-reactive ketones (excluding diaryl/α,β-unsaturated/α-hetero) is 1. The highest BCUT2D eigenvalue weighted by Crippen LogP contribution is 2.21. The Hall–Kier alpha value is -1.30. The zero-order chi connectivity index (χ0) is 15.8. The van der Waals surface area contributed by atoms with Gasteiger partial charge in [0.05, 0.1) is 12.5 Å². The first kappa shape index (κ1) is 17.8. The molecule has 0 aliphatic rings. The summed E-state index contributed by atoms with van der Waals surface area (Å²) in [5, 5.41) is 4.36. The van der Waals surface area contributed by atoms with Crippen LogP contribution in [0.3, 0.4) is 0 Å². The van der Waals surface area contributed by atoms with Crippen LogP contribution in [0.15, 0.2) is 23.4 Å². The van der Waals surface area contributed by atoms with Crippen LogP contribution in [-0.2, 0) is 25.8 Å². The molecule has 0 bridgehead atoms. The van der Waals surface area contributed by atoms with E-state index in [1.165, 1.54) is 0 Å². The molecule has 5 nitrogen and oxygen atoms in total. The third-order valence-corrected chi connectivity index (χ3v) is 3.07. The van der Waals surface area contributed by atoms with E-state index in [4.69, 9.17) is 44.4 Å². The second kappa shape index (κ2) is 8.87. The summed E-state index contributed by atoms with van der Waals surface area (Å²) >= 11 is 17.1. The van der Waals surface area contributed by atoms with Gasteiger partial charge in [-0.2, -0.15) is 0 Å². The first-order chi connectivity index (χ1) is 9.99. The Balaban J connectivity index is 2.78. The number of benzene rings is 1. The fourth-order valence-corrected chi connectivity index (χ4v) is 1.86. The van der Waals surface area contributed by atoms with Crippen molar-refractivity contribution in [3.05, 3.63) is 33.8 Å². The lowest BCUT2D eigenvalue weighted by Gasteiger charge is -2.06. The first-order valence-corrected chi connectivity index (χ1v) is 7.18. The molecule has 1 rings (SSSR count). The molecule has 1 aromatic carbocycles. The van der Waals surface area contributed by atoms with Gasteiger partial charge in [0.2, 0.25) is 11.5 Å². The molecule has 0 N–H and O–H groups in total. The molecule has 0 spiro atoms. The fraction of sp³-hybridized carbons (Fsp3) is 0.308. The molecule has 0 aliphatic heterocycles. The van der Waals surface area contributed by atoms with E-state index < -0.39 is 23.3 Å². The third kappa shape index (κ3) is 5.53. The Labute approximate surface area is 136 Å². The van der Waals surface area contributed by atoms with Gasteiger partial charge in [-0.05, 0) is 19.1 Å². The lowest BCUT2D eigenvalue weighted by Crippen LogP contribution is -2.27. The number of halogens is 3. The number of carbonyl (C=O) groups is 2. The smallest absolute Gasteiger partial charge is 0.364 e. The summed E-state index contributed by atoms with van der Waals surface area (Å²) in [5.74, 6) is -1.97. The molecule has 8 heteroatoms. The van der Waals surface area contributed by atoms with E-state index in [0.717, 1.165) is 0 Å². The van der Waals surface area contributed by atoms with Crippen molar-refractivity contribution in [3.63, 3.8) is 0 Å². The number of hydrogen-bond donors (Lipinski definition) is 0. The van der Waals surface area contributed by atoms with E-state index in [9.17, 15) is 9.59 Å². The summed E-state index contributed by atoms with van der Waals surface area (Å²) in [6, 6.07) is 4.82. The van der Waals surface area contributed by atoms with Gasteiger partial charge in [0.15, 0.2) is 0 Å². The van der Waals surface area contributed by atoms with Gasteiger partial charge < -0.3 is 9.57 Å². The zero-order valence-corrected chi connectivity index (χ0v) is 13.3. The minimum absolute atomic E-state index is 0.0333. The van der Waals surface area contributed by atoms with Gasteiger partial charge in [0.1, 0.15) is 6.61 Å². The Kier molecular flexibility index (Phi) is 7.50. The lowest BCUT2D eigenvalue weighted by atomic mass is 10.2. The molecule has 0 radical (unpaired) electrons. The predicted molar refractivity (Wildman–Crippen MR) is 81.0 cm³/mol. The molecule has 0 unspecified atom stereocenters. The minimum atomic E-state index is -0.884. The van der Waals surface area contributed by atoms with E-state index in [1.807, 2.05) is 0 Å². The van der Waals surface area contributed by atoms with Gasteiger partial charge in [0.25, 0.3) is 0 Å². The number of esters is 1. The predicted octanol–water partition coefficient (Wildman–Crippen LogP) is 3.24. The average Bonchev–Trinajstić information content (AvgIpc) is 2.45. The number of carbonyl (C=O) groups excluding carboxylic acids is 2. The number of ketones is 1. The van der Waals surface area contributed by atoms with Crippen LogP contribution in [0, 0.1) is 0 Å². The minimum Gasteiger partial charge on any atom is -0.461 e.